The van der Waals surface area contributed by atoms with E-state index in [2.05, 4.69) is 42.2 Å². The second-order valence-electron chi connectivity index (χ2n) is 9.16. The third kappa shape index (κ3) is 6.01. The van der Waals surface area contributed by atoms with Gasteiger partial charge in [-0.15, -0.1) is 0 Å². The number of carbonyl (C=O) groups excluding carboxylic acids is 1. The fraction of sp³-hybridized carbons (Fsp3) is 0.483. The Morgan fingerprint density at radius 2 is 1.82 bits per heavy atom. The SMILES string of the molecule is CCCCOCCOc1ccc(-c2ccc3c(c2)C=C(C(=O)OC)CCC2CCCCN32)cc1. The van der Waals surface area contributed by atoms with Crippen LogP contribution in [0.1, 0.15) is 57.4 Å². The zero-order valence-electron chi connectivity index (χ0n) is 20.6. The van der Waals surface area contributed by atoms with Gasteiger partial charge in [0.15, 0.2) is 0 Å². The van der Waals surface area contributed by atoms with Gasteiger partial charge in [0, 0.05) is 30.5 Å². The summed E-state index contributed by atoms with van der Waals surface area (Å²) in [5.41, 5.74) is 5.32. The lowest BCUT2D eigenvalue weighted by molar-refractivity contribution is -0.136. The van der Waals surface area contributed by atoms with Crippen LogP contribution >= 0.6 is 0 Å². The molecule has 0 aromatic heterocycles. The predicted molar refractivity (Wildman–Crippen MR) is 137 cm³/mol. The molecule has 1 fully saturated rings. The molecule has 2 aliphatic rings. The first kappa shape index (κ1) is 24.3. The molecule has 0 bridgehead atoms. The van der Waals surface area contributed by atoms with Crippen LogP contribution in [0, 0.1) is 0 Å². The second kappa shape index (κ2) is 12.1. The average molecular weight is 464 g/mol. The second-order valence-corrected chi connectivity index (χ2v) is 9.16. The van der Waals surface area contributed by atoms with Gasteiger partial charge in [-0.25, -0.2) is 4.79 Å². The summed E-state index contributed by atoms with van der Waals surface area (Å²) in [6, 6.07) is 15.3. The Hall–Kier alpha value is -2.79. The highest BCUT2D eigenvalue weighted by atomic mass is 16.5. The lowest BCUT2D eigenvalue weighted by atomic mass is 9.90. The zero-order chi connectivity index (χ0) is 23.8. The predicted octanol–water partition coefficient (Wildman–Crippen LogP) is 6.26. The third-order valence-electron chi connectivity index (χ3n) is 6.81. The van der Waals surface area contributed by atoms with Crippen LogP contribution in [0.2, 0.25) is 0 Å². The molecule has 4 rings (SSSR count). The van der Waals surface area contributed by atoms with Crippen molar-refractivity contribution in [3.63, 3.8) is 0 Å². The van der Waals surface area contributed by atoms with Crippen molar-refractivity contribution in [2.24, 2.45) is 0 Å². The van der Waals surface area contributed by atoms with Crippen LogP contribution in [0.3, 0.4) is 0 Å². The Morgan fingerprint density at radius 3 is 2.62 bits per heavy atom. The van der Waals surface area contributed by atoms with Gasteiger partial charge in [-0.2, -0.15) is 0 Å². The normalized spacial score (nSPS) is 17.6. The Labute approximate surface area is 203 Å². The number of anilines is 1. The van der Waals surface area contributed by atoms with Gasteiger partial charge in [0.25, 0.3) is 0 Å². The first-order valence-electron chi connectivity index (χ1n) is 12.7. The minimum Gasteiger partial charge on any atom is -0.491 e. The number of methoxy groups -OCH3 is 1. The summed E-state index contributed by atoms with van der Waals surface area (Å²) in [6.07, 6.45) is 9.67. The Kier molecular flexibility index (Phi) is 8.64. The number of piperidine rings is 1. The molecule has 5 heteroatoms. The van der Waals surface area contributed by atoms with E-state index in [4.69, 9.17) is 14.2 Å². The first-order chi connectivity index (χ1) is 16.7. The number of carbonyl (C=O) groups is 1. The van der Waals surface area contributed by atoms with E-state index in [1.54, 1.807) is 0 Å². The van der Waals surface area contributed by atoms with E-state index < -0.39 is 0 Å². The number of hydrogen-bond donors (Lipinski definition) is 0. The first-order valence-corrected chi connectivity index (χ1v) is 12.7. The van der Waals surface area contributed by atoms with Gasteiger partial charge in [-0.05, 0) is 85.6 Å². The summed E-state index contributed by atoms with van der Waals surface area (Å²) in [5.74, 6) is 0.624. The molecule has 5 nitrogen and oxygen atoms in total. The highest BCUT2D eigenvalue weighted by Gasteiger charge is 2.27. The van der Waals surface area contributed by atoms with Crippen LogP contribution in [0.15, 0.2) is 48.0 Å². The number of ether oxygens (including phenoxy) is 3. The van der Waals surface area contributed by atoms with Gasteiger partial charge in [0.05, 0.1) is 13.7 Å². The Morgan fingerprint density at radius 1 is 1.00 bits per heavy atom. The van der Waals surface area contributed by atoms with E-state index in [9.17, 15) is 4.79 Å². The quantitative estimate of drug-likeness (QED) is 0.325. The molecular formula is C29H37NO4. The maximum atomic E-state index is 12.4. The van der Waals surface area contributed by atoms with Crippen molar-refractivity contribution in [2.75, 3.05) is 38.4 Å². The minimum atomic E-state index is -0.221. The number of benzene rings is 2. The molecule has 0 aliphatic carbocycles. The molecule has 0 N–H and O–H groups in total. The monoisotopic (exact) mass is 463 g/mol. The van der Waals surface area contributed by atoms with Crippen molar-refractivity contribution in [1.29, 1.82) is 0 Å². The van der Waals surface area contributed by atoms with Gasteiger partial charge < -0.3 is 19.1 Å². The molecule has 0 spiro atoms. The van der Waals surface area contributed by atoms with Crippen LogP contribution in [0.5, 0.6) is 5.75 Å². The molecule has 1 unspecified atom stereocenters. The average Bonchev–Trinajstić information content (AvgIpc) is 2.87. The highest BCUT2D eigenvalue weighted by Crippen LogP contribution is 2.37. The smallest absolute Gasteiger partial charge is 0.333 e. The maximum Gasteiger partial charge on any atom is 0.333 e. The lowest BCUT2D eigenvalue weighted by Gasteiger charge is -2.40. The van der Waals surface area contributed by atoms with Crippen LogP contribution < -0.4 is 9.64 Å². The van der Waals surface area contributed by atoms with E-state index in [1.165, 1.54) is 32.1 Å². The summed E-state index contributed by atoms with van der Waals surface area (Å²) < 4.78 is 16.5. The van der Waals surface area contributed by atoms with E-state index in [-0.39, 0.29) is 5.97 Å². The van der Waals surface area contributed by atoms with Crippen molar-refractivity contribution >= 4 is 17.7 Å². The van der Waals surface area contributed by atoms with E-state index >= 15 is 0 Å². The summed E-state index contributed by atoms with van der Waals surface area (Å²) >= 11 is 0. The van der Waals surface area contributed by atoms with Crippen molar-refractivity contribution in [2.45, 2.75) is 57.9 Å². The van der Waals surface area contributed by atoms with Crippen molar-refractivity contribution in [3.8, 4) is 16.9 Å². The molecule has 2 aromatic carbocycles. The summed E-state index contributed by atoms with van der Waals surface area (Å²) in [7, 11) is 1.47. The van der Waals surface area contributed by atoms with Gasteiger partial charge >= 0.3 is 5.97 Å². The van der Waals surface area contributed by atoms with Crippen LogP contribution in [-0.2, 0) is 14.3 Å². The van der Waals surface area contributed by atoms with Gasteiger partial charge in [-0.1, -0.05) is 31.5 Å². The van der Waals surface area contributed by atoms with Gasteiger partial charge in [0.1, 0.15) is 12.4 Å². The van der Waals surface area contributed by atoms with Crippen molar-refractivity contribution < 1.29 is 19.0 Å². The highest BCUT2D eigenvalue weighted by molar-refractivity contribution is 5.95. The molecule has 2 aromatic rings. The number of unbranched alkanes of at least 4 members (excludes halogenated alkanes) is 1. The lowest BCUT2D eigenvalue weighted by Crippen LogP contribution is -2.40. The Balaban J connectivity index is 1.53. The topological polar surface area (TPSA) is 48.0 Å². The molecular weight excluding hydrogens is 426 g/mol. The van der Waals surface area contributed by atoms with E-state index in [1.807, 2.05) is 18.2 Å². The standard InChI is InChI=1S/C29H37NO4/c1-3-4-17-33-18-19-34-27-13-9-22(10-14-27)23-11-15-28-25(20-23)21-24(29(31)32-2)8-12-26-7-5-6-16-30(26)28/h9-11,13-15,20-21,26H,3-8,12,16-19H2,1-2H3. The summed E-state index contributed by atoms with van der Waals surface area (Å²) in [6.45, 7) is 5.19. The molecule has 0 radical (unpaired) electrons. The van der Waals surface area contributed by atoms with Crippen molar-refractivity contribution in [1.82, 2.24) is 0 Å². The van der Waals surface area contributed by atoms with Crippen LogP contribution in [0.4, 0.5) is 5.69 Å². The Bertz CT molecular complexity index is 982. The third-order valence-corrected chi connectivity index (χ3v) is 6.81. The summed E-state index contributed by atoms with van der Waals surface area (Å²) in [4.78, 5) is 15.0. The van der Waals surface area contributed by atoms with Crippen molar-refractivity contribution in [3.05, 3.63) is 53.6 Å². The number of fused-ring (bicyclic) bond motifs is 3. The number of rotatable bonds is 9. The fourth-order valence-corrected chi connectivity index (χ4v) is 4.91. The molecule has 34 heavy (non-hydrogen) atoms. The molecule has 1 atom stereocenters. The largest absolute Gasteiger partial charge is 0.491 e. The van der Waals surface area contributed by atoms with Gasteiger partial charge in [-0.3, -0.25) is 0 Å². The molecule has 2 heterocycles. The van der Waals surface area contributed by atoms with Crippen LogP contribution in [-0.4, -0.2) is 45.5 Å². The molecule has 0 amide bonds. The number of nitrogens with zero attached hydrogens (tertiary/aromatic N) is 1. The molecule has 1 saturated heterocycles. The molecule has 0 saturated carbocycles. The van der Waals surface area contributed by atoms with Crippen LogP contribution in [0.25, 0.3) is 17.2 Å². The van der Waals surface area contributed by atoms with E-state index in [0.29, 0.717) is 19.3 Å². The van der Waals surface area contributed by atoms with Gasteiger partial charge in [0.2, 0.25) is 0 Å². The number of esters is 1. The summed E-state index contributed by atoms with van der Waals surface area (Å²) in [5, 5.41) is 0. The minimum absolute atomic E-state index is 0.221. The van der Waals surface area contributed by atoms with E-state index in [0.717, 1.165) is 66.8 Å². The maximum absolute atomic E-state index is 12.4. The molecule has 182 valence electrons. The fourth-order valence-electron chi connectivity index (χ4n) is 4.91. The molecule has 2 aliphatic heterocycles. The zero-order valence-corrected chi connectivity index (χ0v) is 20.6. The number of hydrogen-bond acceptors (Lipinski definition) is 5.